The van der Waals surface area contributed by atoms with E-state index in [4.69, 9.17) is 4.98 Å². The third kappa shape index (κ3) is 2.94. The van der Waals surface area contributed by atoms with Crippen molar-refractivity contribution in [1.82, 2.24) is 9.38 Å². The Morgan fingerprint density at radius 3 is 2.48 bits per heavy atom. The number of nitrogens with zero attached hydrogens (tertiary/aromatic N) is 2. The molecule has 4 rings (SSSR count). The second-order valence-corrected chi connectivity index (χ2v) is 7.02. The van der Waals surface area contributed by atoms with Gasteiger partial charge in [-0.05, 0) is 12.5 Å². The molecular formula is C20H16N2O2S. The molecule has 0 aliphatic carbocycles. The molecule has 0 saturated heterocycles. The molecule has 2 heterocycles. The van der Waals surface area contributed by atoms with E-state index in [-0.39, 0.29) is 6.42 Å². The van der Waals surface area contributed by atoms with Crippen LogP contribution >= 0.6 is 11.3 Å². The van der Waals surface area contributed by atoms with Crippen molar-refractivity contribution in [3.63, 3.8) is 0 Å². The zero-order chi connectivity index (χ0) is 17.4. The molecule has 4 aromatic rings. The SMILES string of the molecule is Cc1ccc(-c2cn3c(-c4ccccc4)c(CC(=O)O)sc3n2)cc1. The van der Waals surface area contributed by atoms with Gasteiger partial charge >= 0.3 is 5.97 Å². The Hall–Kier alpha value is -2.92. The van der Waals surface area contributed by atoms with Crippen molar-refractivity contribution in [2.45, 2.75) is 13.3 Å². The molecule has 0 amide bonds. The van der Waals surface area contributed by atoms with Crippen LogP contribution in [0.3, 0.4) is 0 Å². The van der Waals surface area contributed by atoms with Gasteiger partial charge in [0, 0.05) is 16.6 Å². The number of fused-ring (bicyclic) bond motifs is 1. The summed E-state index contributed by atoms with van der Waals surface area (Å²) in [5, 5.41) is 9.24. The van der Waals surface area contributed by atoms with Crippen LogP contribution in [0.5, 0.6) is 0 Å². The topological polar surface area (TPSA) is 54.6 Å². The number of hydrogen-bond acceptors (Lipinski definition) is 3. The van der Waals surface area contributed by atoms with Gasteiger partial charge < -0.3 is 5.11 Å². The third-order valence-electron chi connectivity index (χ3n) is 4.10. The average molecular weight is 348 g/mol. The van der Waals surface area contributed by atoms with Crippen LogP contribution in [0.2, 0.25) is 0 Å². The van der Waals surface area contributed by atoms with E-state index in [0.29, 0.717) is 0 Å². The van der Waals surface area contributed by atoms with E-state index in [1.54, 1.807) is 0 Å². The number of thiazole rings is 1. The van der Waals surface area contributed by atoms with Gasteiger partial charge in [-0.3, -0.25) is 9.20 Å². The van der Waals surface area contributed by atoms with E-state index in [1.165, 1.54) is 16.9 Å². The summed E-state index contributed by atoms with van der Waals surface area (Å²) in [5.74, 6) is -0.833. The average Bonchev–Trinajstić information content (AvgIpc) is 3.13. The van der Waals surface area contributed by atoms with Gasteiger partial charge in [0.25, 0.3) is 0 Å². The first-order valence-corrected chi connectivity index (χ1v) is 8.78. The van der Waals surface area contributed by atoms with Crippen molar-refractivity contribution < 1.29 is 9.90 Å². The molecular weight excluding hydrogens is 332 g/mol. The summed E-state index contributed by atoms with van der Waals surface area (Å²) in [5.41, 5.74) is 5.07. The van der Waals surface area contributed by atoms with Gasteiger partial charge in [0.15, 0.2) is 4.96 Å². The van der Waals surface area contributed by atoms with Crippen LogP contribution in [-0.4, -0.2) is 20.5 Å². The Balaban J connectivity index is 1.89. The van der Waals surface area contributed by atoms with E-state index in [1.807, 2.05) is 40.9 Å². The molecule has 2 aromatic heterocycles. The number of carboxylic acid groups (broad SMARTS) is 1. The van der Waals surface area contributed by atoms with Gasteiger partial charge in [-0.2, -0.15) is 0 Å². The summed E-state index contributed by atoms with van der Waals surface area (Å²) >= 11 is 1.44. The molecule has 0 unspecified atom stereocenters. The summed E-state index contributed by atoms with van der Waals surface area (Å²) in [6, 6.07) is 18.1. The van der Waals surface area contributed by atoms with Crippen molar-refractivity contribution in [2.24, 2.45) is 0 Å². The summed E-state index contributed by atoms with van der Waals surface area (Å²) in [6.45, 7) is 2.06. The fraction of sp³-hybridized carbons (Fsp3) is 0.100. The number of aliphatic carboxylic acids is 1. The highest BCUT2D eigenvalue weighted by Gasteiger charge is 2.18. The van der Waals surface area contributed by atoms with E-state index in [9.17, 15) is 9.90 Å². The first-order valence-electron chi connectivity index (χ1n) is 7.97. The maximum Gasteiger partial charge on any atom is 0.308 e. The van der Waals surface area contributed by atoms with Crippen LogP contribution in [0.1, 0.15) is 10.4 Å². The van der Waals surface area contributed by atoms with Gasteiger partial charge in [0.1, 0.15) is 0 Å². The van der Waals surface area contributed by atoms with Gasteiger partial charge in [0.2, 0.25) is 0 Å². The fourth-order valence-corrected chi connectivity index (χ4v) is 4.02. The summed E-state index contributed by atoms with van der Waals surface area (Å²) < 4.78 is 2.01. The van der Waals surface area contributed by atoms with Gasteiger partial charge in [-0.1, -0.05) is 60.2 Å². The predicted molar refractivity (Wildman–Crippen MR) is 100 cm³/mol. The first kappa shape index (κ1) is 15.6. The van der Waals surface area contributed by atoms with Crippen LogP contribution in [0.25, 0.3) is 27.5 Å². The van der Waals surface area contributed by atoms with Gasteiger partial charge in [0.05, 0.1) is 17.8 Å². The minimum Gasteiger partial charge on any atom is -0.481 e. The lowest BCUT2D eigenvalue weighted by molar-refractivity contribution is -0.136. The molecule has 0 atom stereocenters. The Morgan fingerprint density at radius 2 is 1.80 bits per heavy atom. The minimum atomic E-state index is -0.833. The highest BCUT2D eigenvalue weighted by atomic mass is 32.1. The van der Waals surface area contributed by atoms with E-state index in [2.05, 4.69) is 31.2 Å². The molecule has 0 aliphatic heterocycles. The molecule has 0 aliphatic rings. The first-order chi connectivity index (χ1) is 12.1. The molecule has 0 spiro atoms. The summed E-state index contributed by atoms with van der Waals surface area (Å²) in [7, 11) is 0. The Labute approximate surface area is 149 Å². The lowest BCUT2D eigenvalue weighted by Gasteiger charge is -2.03. The highest BCUT2D eigenvalue weighted by molar-refractivity contribution is 7.17. The number of carboxylic acids is 1. The Kier molecular flexibility index (Phi) is 3.86. The molecule has 0 radical (unpaired) electrons. The number of imidazole rings is 1. The van der Waals surface area contributed by atoms with E-state index in [0.717, 1.165) is 32.4 Å². The number of hydrogen-bond donors (Lipinski definition) is 1. The fourth-order valence-electron chi connectivity index (χ4n) is 2.91. The summed E-state index contributed by atoms with van der Waals surface area (Å²) in [4.78, 5) is 17.6. The Bertz CT molecular complexity index is 1050. The monoisotopic (exact) mass is 348 g/mol. The smallest absolute Gasteiger partial charge is 0.308 e. The van der Waals surface area contributed by atoms with Crippen LogP contribution in [0.15, 0.2) is 60.8 Å². The van der Waals surface area contributed by atoms with Gasteiger partial charge in [-0.15, -0.1) is 11.3 Å². The van der Waals surface area contributed by atoms with E-state index < -0.39 is 5.97 Å². The van der Waals surface area contributed by atoms with Crippen molar-refractivity contribution >= 4 is 22.3 Å². The van der Waals surface area contributed by atoms with E-state index >= 15 is 0 Å². The molecule has 0 bridgehead atoms. The molecule has 2 aromatic carbocycles. The normalized spacial score (nSPS) is 11.1. The zero-order valence-corrected chi connectivity index (χ0v) is 14.5. The molecule has 0 fully saturated rings. The lowest BCUT2D eigenvalue weighted by atomic mass is 10.1. The Morgan fingerprint density at radius 1 is 1.08 bits per heavy atom. The summed E-state index contributed by atoms with van der Waals surface area (Å²) in [6.07, 6.45) is 1.99. The molecule has 0 saturated carbocycles. The number of carbonyl (C=O) groups is 1. The maximum absolute atomic E-state index is 11.2. The standard InChI is InChI=1S/C20H16N2O2S/c1-13-7-9-14(10-8-13)16-12-22-19(15-5-3-2-4-6-15)17(11-18(23)24)25-20(22)21-16/h2-10,12H,11H2,1H3,(H,23,24). The lowest BCUT2D eigenvalue weighted by Crippen LogP contribution is -2.00. The minimum absolute atomic E-state index is 0.00187. The van der Waals surface area contributed by atoms with Crippen molar-refractivity contribution in [3.8, 4) is 22.5 Å². The van der Waals surface area contributed by atoms with Crippen LogP contribution in [0.4, 0.5) is 0 Å². The number of aromatic nitrogens is 2. The van der Waals surface area contributed by atoms with Crippen LogP contribution < -0.4 is 0 Å². The third-order valence-corrected chi connectivity index (χ3v) is 5.15. The predicted octanol–water partition coefficient (Wildman–Crippen LogP) is 4.67. The number of benzene rings is 2. The molecule has 4 nitrogen and oxygen atoms in total. The van der Waals surface area contributed by atoms with Crippen LogP contribution in [0, 0.1) is 6.92 Å². The number of aryl methyl sites for hydroxylation is 1. The zero-order valence-electron chi connectivity index (χ0n) is 13.6. The van der Waals surface area contributed by atoms with Crippen molar-refractivity contribution in [1.29, 1.82) is 0 Å². The molecule has 5 heteroatoms. The quantitative estimate of drug-likeness (QED) is 0.583. The highest BCUT2D eigenvalue weighted by Crippen LogP contribution is 2.34. The second kappa shape index (κ2) is 6.18. The maximum atomic E-state index is 11.2. The van der Waals surface area contributed by atoms with Crippen molar-refractivity contribution in [2.75, 3.05) is 0 Å². The largest absolute Gasteiger partial charge is 0.481 e. The van der Waals surface area contributed by atoms with Crippen LogP contribution in [-0.2, 0) is 11.2 Å². The molecule has 25 heavy (non-hydrogen) atoms. The second-order valence-electron chi connectivity index (χ2n) is 5.96. The van der Waals surface area contributed by atoms with Crippen molar-refractivity contribution in [3.05, 3.63) is 71.2 Å². The molecule has 1 N–H and O–H groups in total. The number of rotatable bonds is 4. The molecule has 124 valence electrons. The van der Waals surface area contributed by atoms with Gasteiger partial charge in [-0.25, -0.2) is 4.98 Å².